The second kappa shape index (κ2) is 73.5. The van der Waals surface area contributed by atoms with E-state index in [0.717, 1.165) is 51.4 Å². The lowest BCUT2D eigenvalue weighted by molar-refractivity contribution is -0.143. The number of carbonyl (C=O) groups is 2. The molecule has 0 aliphatic rings. The maximum atomic E-state index is 12.6. The van der Waals surface area contributed by atoms with E-state index in [9.17, 15) is 19.8 Å². The maximum Gasteiger partial charge on any atom is 0.305 e. The van der Waals surface area contributed by atoms with Crippen molar-refractivity contribution in [2.24, 2.45) is 0 Å². The molecule has 496 valence electrons. The molecule has 0 saturated heterocycles. The van der Waals surface area contributed by atoms with Gasteiger partial charge in [-0.1, -0.05) is 391 Å². The molecular weight excluding hydrogens is 1030 g/mol. The molecule has 0 rings (SSSR count). The summed E-state index contributed by atoms with van der Waals surface area (Å²) in [6.07, 6.45) is 95.4. The molecule has 0 bridgehead atoms. The van der Waals surface area contributed by atoms with Gasteiger partial charge in [-0.25, -0.2) is 0 Å². The zero-order chi connectivity index (χ0) is 60.6. The average molecular weight is 1180 g/mol. The minimum Gasteiger partial charge on any atom is -0.466 e. The van der Waals surface area contributed by atoms with Gasteiger partial charge in [-0.3, -0.25) is 9.59 Å². The van der Waals surface area contributed by atoms with Gasteiger partial charge in [0.15, 0.2) is 0 Å². The normalized spacial score (nSPS) is 12.7. The van der Waals surface area contributed by atoms with Gasteiger partial charge in [-0.15, -0.1) is 0 Å². The molecule has 0 spiro atoms. The number of ether oxygens (including phenoxy) is 1. The fourth-order valence-electron chi connectivity index (χ4n) is 12.1. The first-order valence-electron chi connectivity index (χ1n) is 38.3. The number of aliphatic hydroxyl groups is 2. The second-order valence-corrected chi connectivity index (χ2v) is 26.3. The van der Waals surface area contributed by atoms with Crippen molar-refractivity contribution in [2.45, 2.75) is 437 Å². The number of unbranched alkanes of at least 4 members (excludes halogenated alkanes) is 57. The summed E-state index contributed by atoms with van der Waals surface area (Å²) in [5, 5.41) is 23.3. The van der Waals surface area contributed by atoms with Gasteiger partial charge >= 0.3 is 5.97 Å². The summed E-state index contributed by atoms with van der Waals surface area (Å²) < 4.78 is 5.49. The van der Waals surface area contributed by atoms with Crippen LogP contribution >= 0.6 is 0 Å². The van der Waals surface area contributed by atoms with E-state index in [2.05, 4.69) is 43.5 Å². The number of rotatable bonds is 72. The molecule has 84 heavy (non-hydrogen) atoms. The zero-order valence-corrected chi connectivity index (χ0v) is 56.9. The van der Waals surface area contributed by atoms with Crippen LogP contribution in [-0.2, 0) is 14.3 Å². The molecule has 0 fully saturated rings. The zero-order valence-electron chi connectivity index (χ0n) is 56.9. The Bertz CT molecular complexity index is 1360. The number of aliphatic hydroxyl groups excluding tert-OH is 2. The first-order valence-corrected chi connectivity index (χ1v) is 38.3. The van der Waals surface area contributed by atoms with Gasteiger partial charge in [0, 0.05) is 12.8 Å². The monoisotopic (exact) mass is 1180 g/mol. The summed E-state index contributed by atoms with van der Waals surface area (Å²) in [5.41, 5.74) is 0. The molecular formula is C78H149NO5. The Balaban J connectivity index is 3.37. The van der Waals surface area contributed by atoms with Gasteiger partial charge < -0.3 is 20.3 Å². The van der Waals surface area contributed by atoms with Gasteiger partial charge in [0.05, 0.1) is 25.4 Å². The Morgan fingerprint density at radius 1 is 0.333 bits per heavy atom. The van der Waals surface area contributed by atoms with Crippen molar-refractivity contribution >= 4 is 11.9 Å². The molecule has 2 unspecified atom stereocenters. The van der Waals surface area contributed by atoms with Crippen LogP contribution in [0, 0.1) is 0 Å². The van der Waals surface area contributed by atoms with Crippen LogP contribution in [0.2, 0.25) is 0 Å². The molecule has 3 N–H and O–H groups in total. The maximum absolute atomic E-state index is 12.6. The molecule has 0 aliphatic carbocycles. The molecule has 0 heterocycles. The SMILES string of the molecule is CCCC/C=C\C/C=C\CCCCCCCC(=O)OCCCCCCCCCCCCCCCCCCCCCCCCCCCCCCCC(=O)NC(CO)C(O)/C=C/CCCCCCCCCCCCCCCCCCCCCCCC. The van der Waals surface area contributed by atoms with Gasteiger partial charge in [0.2, 0.25) is 5.91 Å². The van der Waals surface area contributed by atoms with Crippen LogP contribution in [0.15, 0.2) is 36.5 Å². The standard InChI is InChI=1S/C78H149NO5/c1-3-5-7-9-11-13-15-17-19-20-21-22-23-31-34-37-40-43-46-50-54-58-62-66-70-76(81)75(74-80)79-77(82)71-67-63-59-55-51-47-44-41-38-35-32-29-27-25-24-26-28-30-33-36-39-42-45-49-53-57-61-65-69-73-84-78(83)72-68-64-60-56-52-48-18-16-14-12-10-8-6-4-2/h10,12,16,18,66,70,75-76,80-81H,3-9,11,13-15,17,19-65,67-69,71-74H2,1-2H3,(H,79,82)/b12-10-,18-16-,70-66+. The van der Waals surface area contributed by atoms with Crippen molar-refractivity contribution in [3.05, 3.63) is 36.5 Å². The number of amides is 1. The third kappa shape index (κ3) is 69.2. The summed E-state index contributed by atoms with van der Waals surface area (Å²) in [7, 11) is 0. The Labute approximate surface area is 525 Å². The van der Waals surface area contributed by atoms with Crippen LogP contribution in [0.4, 0.5) is 0 Å². The highest BCUT2D eigenvalue weighted by Crippen LogP contribution is 2.20. The van der Waals surface area contributed by atoms with Crippen LogP contribution in [0.25, 0.3) is 0 Å². The third-order valence-corrected chi connectivity index (χ3v) is 17.9. The van der Waals surface area contributed by atoms with Crippen molar-refractivity contribution in [1.82, 2.24) is 5.32 Å². The summed E-state index contributed by atoms with van der Waals surface area (Å²) in [4.78, 5) is 24.6. The molecule has 0 saturated carbocycles. The van der Waals surface area contributed by atoms with Crippen LogP contribution in [0.3, 0.4) is 0 Å². The number of nitrogens with one attached hydrogen (secondary N) is 1. The quantitative estimate of drug-likeness (QED) is 0.0320. The number of carbonyl (C=O) groups excluding carboxylic acids is 2. The molecule has 6 heteroatoms. The lowest BCUT2D eigenvalue weighted by atomic mass is 10.0. The second-order valence-electron chi connectivity index (χ2n) is 26.3. The number of esters is 1. The lowest BCUT2D eigenvalue weighted by Gasteiger charge is -2.20. The van der Waals surface area contributed by atoms with Crippen LogP contribution in [0.1, 0.15) is 425 Å². The minimum atomic E-state index is -0.844. The number of allylic oxidation sites excluding steroid dienone is 5. The highest BCUT2D eigenvalue weighted by molar-refractivity contribution is 5.76. The Kier molecular flexibility index (Phi) is 71.9. The molecule has 0 aromatic rings. The number of hydrogen-bond donors (Lipinski definition) is 3. The van der Waals surface area contributed by atoms with Crippen LogP contribution in [0.5, 0.6) is 0 Å². The fourth-order valence-corrected chi connectivity index (χ4v) is 12.1. The average Bonchev–Trinajstić information content (AvgIpc) is 3.51. The van der Waals surface area contributed by atoms with Gasteiger partial charge in [0.1, 0.15) is 0 Å². The van der Waals surface area contributed by atoms with Crippen molar-refractivity contribution in [3.8, 4) is 0 Å². The first-order chi connectivity index (χ1) is 41.5. The molecule has 0 aromatic carbocycles. The molecule has 0 radical (unpaired) electrons. The smallest absolute Gasteiger partial charge is 0.305 e. The molecule has 1 amide bonds. The Morgan fingerprint density at radius 2 is 0.607 bits per heavy atom. The predicted molar refractivity (Wildman–Crippen MR) is 370 cm³/mol. The van der Waals surface area contributed by atoms with E-state index in [1.165, 1.54) is 347 Å². The van der Waals surface area contributed by atoms with E-state index in [1.807, 2.05) is 6.08 Å². The highest BCUT2D eigenvalue weighted by atomic mass is 16.5. The van der Waals surface area contributed by atoms with Crippen LogP contribution < -0.4 is 5.32 Å². The minimum absolute atomic E-state index is 0.00509. The van der Waals surface area contributed by atoms with E-state index < -0.39 is 12.1 Å². The largest absolute Gasteiger partial charge is 0.466 e. The number of hydrogen-bond acceptors (Lipinski definition) is 5. The molecule has 0 aliphatic heterocycles. The third-order valence-electron chi connectivity index (χ3n) is 17.9. The van der Waals surface area contributed by atoms with Gasteiger partial charge in [0.25, 0.3) is 0 Å². The lowest BCUT2D eigenvalue weighted by Crippen LogP contribution is -2.45. The van der Waals surface area contributed by atoms with E-state index in [1.54, 1.807) is 6.08 Å². The van der Waals surface area contributed by atoms with E-state index in [4.69, 9.17) is 4.74 Å². The van der Waals surface area contributed by atoms with Gasteiger partial charge in [-0.2, -0.15) is 0 Å². The van der Waals surface area contributed by atoms with Crippen molar-refractivity contribution in [1.29, 1.82) is 0 Å². The van der Waals surface area contributed by atoms with E-state index in [-0.39, 0.29) is 18.5 Å². The van der Waals surface area contributed by atoms with E-state index in [0.29, 0.717) is 19.4 Å². The molecule has 6 nitrogen and oxygen atoms in total. The summed E-state index contributed by atoms with van der Waals surface area (Å²) in [5.74, 6) is -0.0547. The van der Waals surface area contributed by atoms with Crippen molar-refractivity contribution < 1.29 is 24.5 Å². The van der Waals surface area contributed by atoms with Crippen molar-refractivity contribution in [2.75, 3.05) is 13.2 Å². The van der Waals surface area contributed by atoms with Crippen molar-refractivity contribution in [3.63, 3.8) is 0 Å². The predicted octanol–water partition coefficient (Wildman–Crippen LogP) is 25.0. The topological polar surface area (TPSA) is 95.9 Å². The van der Waals surface area contributed by atoms with Crippen LogP contribution in [-0.4, -0.2) is 47.4 Å². The Morgan fingerprint density at radius 3 is 0.940 bits per heavy atom. The summed E-state index contributed by atoms with van der Waals surface area (Å²) in [6.45, 7) is 4.90. The first kappa shape index (κ1) is 82.1. The van der Waals surface area contributed by atoms with E-state index >= 15 is 0 Å². The molecule has 2 atom stereocenters. The summed E-state index contributed by atoms with van der Waals surface area (Å²) in [6, 6.07) is -0.627. The summed E-state index contributed by atoms with van der Waals surface area (Å²) >= 11 is 0. The fraction of sp³-hybridized carbons (Fsp3) is 0.897. The molecule has 0 aromatic heterocycles. The van der Waals surface area contributed by atoms with Gasteiger partial charge in [-0.05, 0) is 57.8 Å². The highest BCUT2D eigenvalue weighted by Gasteiger charge is 2.18. The Hall–Kier alpha value is -1.92.